The lowest BCUT2D eigenvalue weighted by molar-refractivity contribution is -0.384. The molecule has 6 rings (SSSR count). The predicted molar refractivity (Wildman–Crippen MR) is 130 cm³/mol. The minimum Gasteiger partial charge on any atom is -0.400 e. The number of nitro benzene ring substituents is 1. The summed E-state index contributed by atoms with van der Waals surface area (Å²) >= 11 is 0. The summed E-state index contributed by atoms with van der Waals surface area (Å²) in [7, 11) is 1.00. The molecule has 33 heavy (non-hydrogen) atoms. The molecule has 4 saturated heterocycles. The van der Waals surface area contributed by atoms with Gasteiger partial charge in [0.1, 0.15) is 0 Å². The summed E-state index contributed by atoms with van der Waals surface area (Å²) in [6, 6.07) is 15.9. The van der Waals surface area contributed by atoms with E-state index in [9.17, 15) is 10.1 Å². The van der Waals surface area contributed by atoms with Crippen molar-refractivity contribution >= 4 is 22.7 Å². The number of nitro groups is 1. The van der Waals surface area contributed by atoms with E-state index in [1.807, 2.05) is 24.3 Å². The highest BCUT2D eigenvalue weighted by Crippen LogP contribution is 2.33. The Labute approximate surface area is 194 Å². The molecule has 0 spiro atoms. The van der Waals surface area contributed by atoms with Crippen molar-refractivity contribution in [3.8, 4) is 0 Å². The van der Waals surface area contributed by atoms with Gasteiger partial charge in [-0.25, -0.2) is 0 Å². The van der Waals surface area contributed by atoms with E-state index in [1.165, 1.54) is 12.1 Å². The van der Waals surface area contributed by atoms with Crippen LogP contribution in [0.2, 0.25) is 0 Å². The zero-order valence-corrected chi connectivity index (χ0v) is 18.2. The standard InChI is InChI=1S/C11H12N2O3.C11H14N2O.CH4O.CH4/c14-13(15)9-3-1-8(2-4-9)12-6-11-5-10(12)7-16-11;12-8-1-3-9(4-2-8)13-6-11-5-10(13)7-14-11;1-2;/h1-4,10-11H,5-7H2;1-4,10-11H,5-7,12H2;2H,1H3;1H4/t2*10-,11-;;/m11../s1. The van der Waals surface area contributed by atoms with E-state index in [-0.39, 0.29) is 18.0 Å². The first-order chi connectivity index (χ1) is 15.6. The number of aliphatic hydroxyl groups excluding tert-OH is 1. The number of non-ortho nitro benzene ring substituents is 1. The molecule has 0 saturated carbocycles. The molecule has 2 aromatic rings. The Bertz CT molecular complexity index is 908. The molecule has 0 aromatic heterocycles. The Balaban J connectivity index is 0.000000169. The lowest BCUT2D eigenvalue weighted by atomic mass is 10.2. The SMILES string of the molecule is C.CO.Nc1ccc(N2C[C@H]3C[C@@H]2CO3)cc1.O=[N+]([O-])c1ccc(N2C[C@H]3C[C@@H]2CO3)cc1. The minimum absolute atomic E-state index is 0. The lowest BCUT2D eigenvalue weighted by Crippen LogP contribution is -2.36. The number of nitrogens with zero attached hydrogens (tertiary/aromatic N) is 3. The molecule has 0 aliphatic carbocycles. The second-order valence-corrected chi connectivity index (χ2v) is 8.36. The number of morpholine rings is 2. The molecule has 4 aliphatic rings. The van der Waals surface area contributed by atoms with Crippen LogP contribution in [0.25, 0.3) is 0 Å². The molecule has 4 atom stereocenters. The van der Waals surface area contributed by atoms with Crippen molar-refractivity contribution in [2.45, 2.75) is 44.6 Å². The molecular weight excluding hydrogens is 424 g/mol. The Kier molecular flexibility index (Phi) is 8.12. The van der Waals surface area contributed by atoms with Crippen molar-refractivity contribution in [3.63, 3.8) is 0 Å². The fourth-order valence-corrected chi connectivity index (χ4v) is 4.86. The third-order valence-corrected chi connectivity index (χ3v) is 6.42. The van der Waals surface area contributed by atoms with Gasteiger partial charge in [0.05, 0.1) is 42.4 Å². The number of rotatable bonds is 3. The zero-order valence-electron chi connectivity index (χ0n) is 18.2. The topological polar surface area (TPSA) is 114 Å². The van der Waals surface area contributed by atoms with E-state index in [1.54, 1.807) is 12.1 Å². The summed E-state index contributed by atoms with van der Waals surface area (Å²) in [5.41, 5.74) is 8.96. The summed E-state index contributed by atoms with van der Waals surface area (Å²) in [4.78, 5) is 14.9. The summed E-state index contributed by atoms with van der Waals surface area (Å²) in [6.07, 6.45) is 3.07. The third kappa shape index (κ3) is 5.38. The van der Waals surface area contributed by atoms with Crippen LogP contribution in [0.5, 0.6) is 0 Å². The molecule has 4 bridgehead atoms. The highest BCUT2D eigenvalue weighted by atomic mass is 16.6. The molecule has 2 aromatic carbocycles. The van der Waals surface area contributed by atoms with Gasteiger partial charge in [-0.2, -0.15) is 0 Å². The maximum Gasteiger partial charge on any atom is 0.269 e. The molecule has 4 fully saturated rings. The van der Waals surface area contributed by atoms with Gasteiger partial charge < -0.3 is 30.1 Å². The molecular formula is C24H34N4O5. The van der Waals surface area contributed by atoms with E-state index in [4.69, 9.17) is 20.3 Å². The molecule has 9 nitrogen and oxygen atoms in total. The molecule has 9 heteroatoms. The maximum atomic E-state index is 10.5. The Hall–Kier alpha value is -2.88. The van der Waals surface area contributed by atoms with Gasteiger partial charge in [0.2, 0.25) is 0 Å². The molecule has 4 aliphatic heterocycles. The second kappa shape index (κ2) is 10.8. The van der Waals surface area contributed by atoms with E-state index >= 15 is 0 Å². The van der Waals surface area contributed by atoms with Crippen molar-refractivity contribution in [1.29, 1.82) is 0 Å². The van der Waals surface area contributed by atoms with Crippen molar-refractivity contribution in [1.82, 2.24) is 0 Å². The first kappa shape index (κ1) is 24.8. The molecule has 0 unspecified atom stereocenters. The number of benzene rings is 2. The van der Waals surface area contributed by atoms with Crippen LogP contribution in [0.4, 0.5) is 22.7 Å². The van der Waals surface area contributed by atoms with Gasteiger partial charge in [-0.15, -0.1) is 0 Å². The van der Waals surface area contributed by atoms with Crippen LogP contribution in [0.1, 0.15) is 20.3 Å². The largest absolute Gasteiger partial charge is 0.400 e. The number of nitrogens with two attached hydrogens (primary N) is 1. The zero-order chi connectivity index (χ0) is 22.7. The van der Waals surface area contributed by atoms with Crippen molar-refractivity contribution in [2.75, 3.05) is 48.9 Å². The van der Waals surface area contributed by atoms with Gasteiger partial charge in [-0.05, 0) is 49.2 Å². The summed E-state index contributed by atoms with van der Waals surface area (Å²) in [5, 5.41) is 17.5. The number of nitrogen functional groups attached to an aromatic ring is 1. The Morgan fingerprint density at radius 2 is 1.30 bits per heavy atom. The monoisotopic (exact) mass is 458 g/mol. The Morgan fingerprint density at radius 1 is 0.879 bits per heavy atom. The summed E-state index contributed by atoms with van der Waals surface area (Å²) in [5.74, 6) is 0. The van der Waals surface area contributed by atoms with Gasteiger partial charge >= 0.3 is 0 Å². The second-order valence-electron chi connectivity index (χ2n) is 8.36. The quantitative estimate of drug-likeness (QED) is 0.410. The molecule has 0 amide bonds. The van der Waals surface area contributed by atoms with Crippen LogP contribution in [0.3, 0.4) is 0 Å². The number of fused-ring (bicyclic) bond motifs is 4. The smallest absolute Gasteiger partial charge is 0.269 e. The van der Waals surface area contributed by atoms with Crippen LogP contribution in [-0.4, -0.2) is 67.7 Å². The number of hydrogen-bond acceptors (Lipinski definition) is 8. The van der Waals surface area contributed by atoms with Crippen LogP contribution >= 0.6 is 0 Å². The first-order valence-electron chi connectivity index (χ1n) is 10.9. The molecule has 4 heterocycles. The average Bonchev–Trinajstić information content (AvgIpc) is 3.63. The lowest BCUT2D eigenvalue weighted by Gasteiger charge is -2.28. The van der Waals surface area contributed by atoms with Crippen LogP contribution in [0, 0.1) is 10.1 Å². The van der Waals surface area contributed by atoms with Crippen LogP contribution in [-0.2, 0) is 9.47 Å². The molecule has 0 radical (unpaired) electrons. The van der Waals surface area contributed by atoms with Gasteiger partial charge in [-0.1, -0.05) is 7.43 Å². The van der Waals surface area contributed by atoms with Gasteiger partial charge in [-0.3, -0.25) is 10.1 Å². The number of hydrogen-bond donors (Lipinski definition) is 2. The van der Waals surface area contributed by atoms with Crippen LogP contribution < -0.4 is 15.5 Å². The number of ether oxygens (including phenoxy) is 2. The Morgan fingerprint density at radius 3 is 1.64 bits per heavy atom. The highest BCUT2D eigenvalue weighted by Gasteiger charge is 2.39. The van der Waals surface area contributed by atoms with Crippen molar-refractivity contribution < 1.29 is 19.5 Å². The average molecular weight is 459 g/mol. The summed E-state index contributed by atoms with van der Waals surface area (Å²) < 4.78 is 11.1. The fourth-order valence-electron chi connectivity index (χ4n) is 4.86. The highest BCUT2D eigenvalue weighted by molar-refractivity contribution is 5.55. The maximum absolute atomic E-state index is 10.5. The van der Waals surface area contributed by atoms with Crippen molar-refractivity contribution in [3.05, 3.63) is 58.6 Å². The van der Waals surface area contributed by atoms with E-state index in [2.05, 4.69) is 21.9 Å². The van der Waals surface area contributed by atoms with E-state index in [0.717, 1.165) is 51.2 Å². The molecule has 180 valence electrons. The van der Waals surface area contributed by atoms with Gasteiger partial charge in [0.15, 0.2) is 0 Å². The minimum atomic E-state index is -0.372. The van der Waals surface area contributed by atoms with Gasteiger partial charge in [0, 0.05) is 49.4 Å². The van der Waals surface area contributed by atoms with E-state index in [0.29, 0.717) is 24.3 Å². The first-order valence-corrected chi connectivity index (χ1v) is 10.9. The van der Waals surface area contributed by atoms with Crippen molar-refractivity contribution in [2.24, 2.45) is 0 Å². The molecule has 3 N–H and O–H groups in total. The van der Waals surface area contributed by atoms with Crippen LogP contribution in [0.15, 0.2) is 48.5 Å². The van der Waals surface area contributed by atoms with Gasteiger partial charge in [0.25, 0.3) is 5.69 Å². The fraction of sp³-hybridized carbons (Fsp3) is 0.500. The summed E-state index contributed by atoms with van der Waals surface area (Å²) in [6.45, 7) is 3.60. The predicted octanol–water partition coefficient (Wildman–Crippen LogP) is 3.06. The van der Waals surface area contributed by atoms with E-state index < -0.39 is 0 Å². The normalized spacial score (nSPS) is 26.1. The number of aliphatic hydroxyl groups is 1. The third-order valence-electron chi connectivity index (χ3n) is 6.42. The number of anilines is 3.